The molecule has 3 rings (SSSR count). The van der Waals surface area contributed by atoms with Crippen LogP contribution in [0.1, 0.15) is 16.1 Å². The van der Waals surface area contributed by atoms with Crippen molar-refractivity contribution in [2.75, 3.05) is 5.32 Å². The van der Waals surface area contributed by atoms with Crippen LogP contribution in [0.15, 0.2) is 62.0 Å². The molecule has 0 saturated heterocycles. The number of aromatic nitrogens is 1. The molecule has 23 heavy (non-hydrogen) atoms. The maximum atomic E-state index is 12.3. The highest BCUT2D eigenvalue weighted by Crippen LogP contribution is 2.27. The molecule has 1 amide bonds. The SMILES string of the molecule is Cc1ccc(-c2cc(C(=O)Nc3cc(Br)ccc3Br)on2)cc1. The fraction of sp³-hybridized carbons (Fsp3) is 0.0588. The van der Waals surface area contributed by atoms with Gasteiger partial charge in [-0.2, -0.15) is 0 Å². The molecular weight excluding hydrogens is 424 g/mol. The van der Waals surface area contributed by atoms with E-state index in [4.69, 9.17) is 4.52 Å². The number of anilines is 1. The van der Waals surface area contributed by atoms with Gasteiger partial charge in [-0.15, -0.1) is 0 Å². The van der Waals surface area contributed by atoms with Crippen LogP contribution in [0.3, 0.4) is 0 Å². The van der Waals surface area contributed by atoms with Gasteiger partial charge in [0.05, 0.1) is 5.69 Å². The molecule has 0 unspecified atom stereocenters. The van der Waals surface area contributed by atoms with Gasteiger partial charge in [0, 0.05) is 20.6 Å². The number of hydrogen-bond acceptors (Lipinski definition) is 3. The van der Waals surface area contributed by atoms with Crippen LogP contribution in [0.5, 0.6) is 0 Å². The largest absolute Gasteiger partial charge is 0.350 e. The highest BCUT2D eigenvalue weighted by atomic mass is 79.9. The van der Waals surface area contributed by atoms with Gasteiger partial charge in [-0.05, 0) is 41.1 Å². The van der Waals surface area contributed by atoms with Gasteiger partial charge in [-0.1, -0.05) is 50.9 Å². The lowest BCUT2D eigenvalue weighted by atomic mass is 10.1. The molecule has 0 bridgehead atoms. The summed E-state index contributed by atoms with van der Waals surface area (Å²) in [6.07, 6.45) is 0. The Morgan fingerprint density at radius 1 is 1.09 bits per heavy atom. The van der Waals surface area contributed by atoms with Gasteiger partial charge in [-0.25, -0.2) is 0 Å². The minimum absolute atomic E-state index is 0.160. The fourth-order valence-electron chi connectivity index (χ4n) is 2.02. The van der Waals surface area contributed by atoms with Crippen molar-refractivity contribution in [3.8, 4) is 11.3 Å². The topological polar surface area (TPSA) is 55.1 Å². The number of benzene rings is 2. The molecule has 3 aromatic rings. The summed E-state index contributed by atoms with van der Waals surface area (Å²) >= 11 is 6.77. The van der Waals surface area contributed by atoms with Crippen LogP contribution in [0, 0.1) is 6.92 Å². The average Bonchev–Trinajstić information content (AvgIpc) is 3.02. The first-order valence-corrected chi connectivity index (χ1v) is 8.42. The summed E-state index contributed by atoms with van der Waals surface area (Å²) in [6, 6.07) is 15.0. The Kier molecular flexibility index (Phi) is 4.63. The summed E-state index contributed by atoms with van der Waals surface area (Å²) in [7, 11) is 0. The van der Waals surface area contributed by atoms with Gasteiger partial charge in [0.15, 0.2) is 0 Å². The molecule has 116 valence electrons. The number of hydrogen-bond donors (Lipinski definition) is 1. The molecule has 0 aliphatic rings. The third kappa shape index (κ3) is 3.71. The first-order valence-electron chi connectivity index (χ1n) is 6.83. The van der Waals surface area contributed by atoms with E-state index in [1.807, 2.05) is 43.3 Å². The lowest BCUT2D eigenvalue weighted by molar-refractivity contribution is 0.0988. The Morgan fingerprint density at radius 2 is 1.83 bits per heavy atom. The number of halogens is 2. The van der Waals surface area contributed by atoms with Gasteiger partial charge >= 0.3 is 0 Å². The summed E-state index contributed by atoms with van der Waals surface area (Å²) in [5.41, 5.74) is 3.35. The number of aryl methyl sites for hydroxylation is 1. The zero-order chi connectivity index (χ0) is 16.4. The van der Waals surface area contributed by atoms with Crippen molar-refractivity contribution in [3.05, 3.63) is 68.8 Å². The van der Waals surface area contributed by atoms with Crippen molar-refractivity contribution < 1.29 is 9.32 Å². The predicted molar refractivity (Wildman–Crippen MR) is 96.5 cm³/mol. The zero-order valence-electron chi connectivity index (χ0n) is 12.1. The molecule has 1 aromatic heterocycles. The second-order valence-electron chi connectivity index (χ2n) is 5.02. The minimum Gasteiger partial charge on any atom is -0.350 e. The van der Waals surface area contributed by atoms with Crippen LogP contribution < -0.4 is 5.32 Å². The molecule has 0 aliphatic heterocycles. The number of nitrogens with one attached hydrogen (secondary N) is 1. The van der Waals surface area contributed by atoms with Crippen molar-refractivity contribution in [2.24, 2.45) is 0 Å². The van der Waals surface area contributed by atoms with E-state index in [2.05, 4.69) is 42.3 Å². The standard InChI is InChI=1S/C17H12Br2N2O2/c1-10-2-4-11(5-3-10)14-9-16(23-21-14)17(22)20-15-8-12(18)6-7-13(15)19/h2-9H,1H3,(H,20,22). The van der Waals surface area contributed by atoms with Crippen LogP contribution in [-0.4, -0.2) is 11.1 Å². The fourth-order valence-corrected chi connectivity index (χ4v) is 2.73. The highest BCUT2D eigenvalue weighted by molar-refractivity contribution is 9.11. The number of rotatable bonds is 3. The van der Waals surface area contributed by atoms with Gasteiger partial charge < -0.3 is 9.84 Å². The number of carbonyl (C=O) groups excluding carboxylic acids is 1. The second-order valence-corrected chi connectivity index (χ2v) is 6.79. The van der Waals surface area contributed by atoms with Crippen LogP contribution in [0.2, 0.25) is 0 Å². The van der Waals surface area contributed by atoms with E-state index in [1.54, 1.807) is 12.1 Å². The predicted octanol–water partition coefficient (Wildman–Crippen LogP) is 5.43. The van der Waals surface area contributed by atoms with Gasteiger partial charge in [0.2, 0.25) is 5.76 Å². The Morgan fingerprint density at radius 3 is 2.57 bits per heavy atom. The molecule has 1 heterocycles. The number of nitrogens with zero attached hydrogens (tertiary/aromatic N) is 1. The van der Waals surface area contributed by atoms with E-state index in [1.165, 1.54) is 0 Å². The summed E-state index contributed by atoms with van der Waals surface area (Å²) < 4.78 is 6.82. The van der Waals surface area contributed by atoms with Crippen molar-refractivity contribution in [1.29, 1.82) is 0 Å². The third-order valence-corrected chi connectivity index (χ3v) is 4.44. The quantitative estimate of drug-likeness (QED) is 0.596. The smallest absolute Gasteiger partial charge is 0.294 e. The lowest BCUT2D eigenvalue weighted by Gasteiger charge is -2.05. The third-order valence-electron chi connectivity index (χ3n) is 3.26. The van der Waals surface area contributed by atoms with Crippen molar-refractivity contribution in [3.63, 3.8) is 0 Å². The summed E-state index contributed by atoms with van der Waals surface area (Å²) in [5, 5.41) is 6.75. The van der Waals surface area contributed by atoms with E-state index >= 15 is 0 Å². The van der Waals surface area contributed by atoms with Gasteiger partial charge in [-0.3, -0.25) is 4.79 Å². The van der Waals surface area contributed by atoms with Crippen molar-refractivity contribution in [2.45, 2.75) is 6.92 Å². The van der Waals surface area contributed by atoms with E-state index in [0.29, 0.717) is 11.4 Å². The van der Waals surface area contributed by atoms with Crippen LogP contribution in [0.25, 0.3) is 11.3 Å². The molecule has 0 saturated carbocycles. The Balaban J connectivity index is 1.81. The van der Waals surface area contributed by atoms with Crippen LogP contribution >= 0.6 is 31.9 Å². The molecule has 0 fully saturated rings. The van der Waals surface area contributed by atoms with Crippen molar-refractivity contribution >= 4 is 43.5 Å². The Labute approximate surface area is 150 Å². The molecule has 0 radical (unpaired) electrons. The molecular formula is C17H12Br2N2O2. The van der Waals surface area contributed by atoms with E-state index in [-0.39, 0.29) is 11.7 Å². The number of amides is 1. The molecule has 4 nitrogen and oxygen atoms in total. The van der Waals surface area contributed by atoms with Gasteiger partial charge in [0.25, 0.3) is 5.91 Å². The first-order chi connectivity index (χ1) is 11.0. The Bertz CT molecular complexity index is 857. The summed E-state index contributed by atoms with van der Waals surface area (Å²) in [4.78, 5) is 12.3. The molecule has 0 atom stereocenters. The Hall–Kier alpha value is -1.92. The second kappa shape index (κ2) is 6.68. The average molecular weight is 436 g/mol. The molecule has 2 aromatic carbocycles. The van der Waals surface area contributed by atoms with Gasteiger partial charge in [0.1, 0.15) is 5.69 Å². The van der Waals surface area contributed by atoms with Crippen molar-refractivity contribution in [1.82, 2.24) is 5.16 Å². The minimum atomic E-state index is -0.352. The van der Waals surface area contributed by atoms with E-state index in [0.717, 1.165) is 20.1 Å². The van der Waals surface area contributed by atoms with E-state index < -0.39 is 0 Å². The van der Waals surface area contributed by atoms with E-state index in [9.17, 15) is 4.79 Å². The molecule has 6 heteroatoms. The van der Waals surface area contributed by atoms with Crippen LogP contribution in [0.4, 0.5) is 5.69 Å². The first kappa shape index (κ1) is 16.0. The molecule has 0 aliphatic carbocycles. The van der Waals surface area contributed by atoms with Crippen LogP contribution in [-0.2, 0) is 0 Å². The zero-order valence-corrected chi connectivity index (χ0v) is 15.3. The monoisotopic (exact) mass is 434 g/mol. The molecule has 0 spiro atoms. The lowest BCUT2D eigenvalue weighted by Crippen LogP contribution is -2.11. The summed E-state index contributed by atoms with van der Waals surface area (Å²) in [5.74, 6) is -0.192. The summed E-state index contributed by atoms with van der Waals surface area (Å²) in [6.45, 7) is 2.02. The highest BCUT2D eigenvalue weighted by Gasteiger charge is 2.15. The maximum Gasteiger partial charge on any atom is 0.294 e. The maximum absolute atomic E-state index is 12.3. The molecule has 1 N–H and O–H groups in total. The number of carbonyl (C=O) groups is 1. The normalized spacial score (nSPS) is 10.6.